The molecule has 3 rings (SSSR count). The first-order chi connectivity index (χ1) is 8.72. The number of primary amides is 1. The van der Waals surface area contributed by atoms with E-state index >= 15 is 0 Å². The number of imidazole rings is 1. The van der Waals surface area contributed by atoms with Crippen molar-refractivity contribution in [2.24, 2.45) is 5.73 Å². The fourth-order valence-electron chi connectivity index (χ4n) is 2.51. The van der Waals surface area contributed by atoms with Gasteiger partial charge in [-0.1, -0.05) is 0 Å². The summed E-state index contributed by atoms with van der Waals surface area (Å²) in [5, 5.41) is 11.4. The second-order valence-corrected chi connectivity index (χ2v) is 5.22. The number of thiazole rings is 1. The molecule has 1 amide bonds. The van der Waals surface area contributed by atoms with Crippen molar-refractivity contribution in [2.45, 2.75) is 25.5 Å². The lowest BCUT2D eigenvalue weighted by molar-refractivity contribution is -0.119. The predicted octanol–water partition coefficient (Wildman–Crippen LogP) is 0.342. The Labute approximate surface area is 108 Å². The molecule has 96 valence electrons. The standard InChI is InChI=1S/C11H14N4O2S/c12-9(17)7-2-1-3-14(7)10-8(6-16)15-4-5-18-11(15)13-10/h4-5,7,16H,1-3,6H2,(H2,12,17). The van der Waals surface area contributed by atoms with Gasteiger partial charge in [0, 0.05) is 18.1 Å². The summed E-state index contributed by atoms with van der Waals surface area (Å²) < 4.78 is 1.86. The number of anilines is 1. The fraction of sp³-hybridized carbons (Fsp3) is 0.455. The summed E-state index contributed by atoms with van der Waals surface area (Å²) in [4.78, 5) is 18.7. The van der Waals surface area contributed by atoms with Gasteiger partial charge < -0.3 is 15.7 Å². The normalized spacial score (nSPS) is 19.8. The largest absolute Gasteiger partial charge is 0.390 e. The van der Waals surface area contributed by atoms with Crippen LogP contribution in [0.4, 0.5) is 5.82 Å². The number of rotatable bonds is 3. The highest BCUT2D eigenvalue weighted by Crippen LogP contribution is 2.30. The van der Waals surface area contributed by atoms with Crippen LogP contribution < -0.4 is 10.6 Å². The molecule has 0 aromatic carbocycles. The number of hydrogen-bond donors (Lipinski definition) is 2. The molecule has 0 saturated carbocycles. The van der Waals surface area contributed by atoms with Crippen LogP contribution in [0.1, 0.15) is 18.5 Å². The van der Waals surface area contributed by atoms with Crippen LogP contribution in [0, 0.1) is 0 Å². The van der Waals surface area contributed by atoms with E-state index in [0.29, 0.717) is 5.82 Å². The Bertz CT molecular complexity index is 591. The Morgan fingerprint density at radius 2 is 2.50 bits per heavy atom. The fourth-order valence-corrected chi connectivity index (χ4v) is 3.24. The number of nitrogens with zero attached hydrogens (tertiary/aromatic N) is 3. The van der Waals surface area contributed by atoms with Crippen molar-refractivity contribution in [1.82, 2.24) is 9.38 Å². The van der Waals surface area contributed by atoms with Crippen molar-refractivity contribution in [3.63, 3.8) is 0 Å². The molecule has 6 nitrogen and oxygen atoms in total. The van der Waals surface area contributed by atoms with Crippen LogP contribution in [0.5, 0.6) is 0 Å². The summed E-state index contributed by atoms with van der Waals surface area (Å²) in [5.41, 5.74) is 6.13. The summed E-state index contributed by atoms with van der Waals surface area (Å²) >= 11 is 1.50. The van der Waals surface area contributed by atoms with Crippen molar-refractivity contribution in [3.8, 4) is 0 Å². The first-order valence-electron chi connectivity index (χ1n) is 5.83. The Morgan fingerprint density at radius 3 is 3.22 bits per heavy atom. The summed E-state index contributed by atoms with van der Waals surface area (Å²) in [6, 6.07) is -0.306. The molecule has 1 unspecified atom stereocenters. The Morgan fingerprint density at radius 1 is 1.67 bits per heavy atom. The number of carbonyl (C=O) groups is 1. The number of hydrogen-bond acceptors (Lipinski definition) is 5. The van der Waals surface area contributed by atoms with Gasteiger partial charge in [-0.2, -0.15) is 0 Å². The van der Waals surface area contributed by atoms with Crippen molar-refractivity contribution in [2.75, 3.05) is 11.4 Å². The van der Waals surface area contributed by atoms with Crippen LogP contribution in [0.2, 0.25) is 0 Å². The van der Waals surface area contributed by atoms with E-state index in [9.17, 15) is 9.90 Å². The first kappa shape index (κ1) is 11.5. The molecule has 2 aromatic rings. The molecule has 0 bridgehead atoms. The summed E-state index contributed by atoms with van der Waals surface area (Å²) in [6.07, 6.45) is 3.55. The SMILES string of the molecule is NC(=O)C1CCCN1c1nc2sccn2c1CO. The van der Waals surface area contributed by atoms with Crippen LogP contribution >= 0.6 is 11.3 Å². The van der Waals surface area contributed by atoms with Crippen molar-refractivity contribution >= 4 is 28.0 Å². The van der Waals surface area contributed by atoms with Crippen LogP contribution in [0.15, 0.2) is 11.6 Å². The minimum atomic E-state index is -0.326. The van der Waals surface area contributed by atoms with Gasteiger partial charge in [0.1, 0.15) is 6.04 Å². The lowest BCUT2D eigenvalue weighted by atomic mass is 10.2. The highest BCUT2D eigenvalue weighted by Gasteiger charge is 2.32. The van der Waals surface area contributed by atoms with E-state index in [1.807, 2.05) is 20.9 Å². The van der Waals surface area contributed by atoms with Gasteiger partial charge in [-0.05, 0) is 12.8 Å². The number of nitrogens with two attached hydrogens (primary N) is 1. The van der Waals surface area contributed by atoms with E-state index in [1.54, 1.807) is 0 Å². The first-order valence-corrected chi connectivity index (χ1v) is 6.71. The average Bonchev–Trinajstić information content (AvgIpc) is 3.02. The van der Waals surface area contributed by atoms with Crippen LogP contribution in [0.25, 0.3) is 4.96 Å². The lowest BCUT2D eigenvalue weighted by Crippen LogP contribution is -2.41. The lowest BCUT2D eigenvalue weighted by Gasteiger charge is -2.22. The van der Waals surface area contributed by atoms with Gasteiger partial charge in [0.25, 0.3) is 0 Å². The molecule has 0 spiro atoms. The van der Waals surface area contributed by atoms with Gasteiger partial charge in [-0.25, -0.2) is 4.98 Å². The van der Waals surface area contributed by atoms with E-state index in [-0.39, 0.29) is 18.6 Å². The Hall–Kier alpha value is -1.60. The maximum Gasteiger partial charge on any atom is 0.240 e. The highest BCUT2D eigenvalue weighted by molar-refractivity contribution is 7.15. The average molecular weight is 266 g/mol. The molecule has 0 radical (unpaired) electrons. The molecule has 1 aliphatic heterocycles. The molecular formula is C11H14N4O2S. The van der Waals surface area contributed by atoms with Gasteiger partial charge in [-0.3, -0.25) is 9.20 Å². The zero-order chi connectivity index (χ0) is 12.7. The molecule has 3 heterocycles. The van der Waals surface area contributed by atoms with Gasteiger partial charge in [-0.15, -0.1) is 11.3 Å². The maximum atomic E-state index is 11.4. The molecule has 1 saturated heterocycles. The zero-order valence-electron chi connectivity index (χ0n) is 9.74. The van der Waals surface area contributed by atoms with Gasteiger partial charge >= 0.3 is 0 Å². The minimum absolute atomic E-state index is 0.102. The second kappa shape index (κ2) is 4.25. The number of fused-ring (bicyclic) bond motifs is 1. The predicted molar refractivity (Wildman–Crippen MR) is 68.6 cm³/mol. The molecule has 1 fully saturated rings. The van der Waals surface area contributed by atoms with Gasteiger partial charge in [0.05, 0.1) is 12.3 Å². The maximum absolute atomic E-state index is 11.4. The number of amides is 1. The Kier molecular flexibility index (Phi) is 2.71. The van der Waals surface area contributed by atoms with Crippen molar-refractivity contribution < 1.29 is 9.90 Å². The van der Waals surface area contributed by atoms with Gasteiger partial charge in [0.15, 0.2) is 10.8 Å². The molecule has 0 aliphatic carbocycles. The van der Waals surface area contributed by atoms with E-state index in [4.69, 9.17) is 5.73 Å². The molecular weight excluding hydrogens is 252 g/mol. The minimum Gasteiger partial charge on any atom is -0.390 e. The van der Waals surface area contributed by atoms with E-state index < -0.39 is 0 Å². The van der Waals surface area contributed by atoms with E-state index in [0.717, 1.165) is 30.0 Å². The zero-order valence-corrected chi connectivity index (χ0v) is 10.6. The monoisotopic (exact) mass is 266 g/mol. The number of carbonyl (C=O) groups excluding carboxylic acids is 1. The van der Waals surface area contributed by atoms with Crippen LogP contribution in [0.3, 0.4) is 0 Å². The molecule has 1 aliphatic rings. The van der Waals surface area contributed by atoms with Crippen LogP contribution in [-0.4, -0.2) is 33.0 Å². The number of aromatic nitrogens is 2. The third kappa shape index (κ3) is 1.58. The third-order valence-corrected chi connectivity index (χ3v) is 4.10. The molecule has 3 N–H and O–H groups in total. The number of aliphatic hydroxyl groups excluding tert-OH is 1. The van der Waals surface area contributed by atoms with E-state index in [2.05, 4.69) is 4.98 Å². The molecule has 1 atom stereocenters. The topological polar surface area (TPSA) is 83.9 Å². The van der Waals surface area contributed by atoms with E-state index in [1.165, 1.54) is 11.3 Å². The summed E-state index contributed by atoms with van der Waals surface area (Å²) in [7, 11) is 0. The van der Waals surface area contributed by atoms with Crippen LogP contribution in [-0.2, 0) is 11.4 Å². The highest BCUT2D eigenvalue weighted by atomic mass is 32.1. The smallest absolute Gasteiger partial charge is 0.240 e. The van der Waals surface area contributed by atoms with Crippen molar-refractivity contribution in [3.05, 3.63) is 17.3 Å². The van der Waals surface area contributed by atoms with Gasteiger partial charge in [0.2, 0.25) is 5.91 Å². The quantitative estimate of drug-likeness (QED) is 0.839. The Balaban J connectivity index is 2.07. The number of aliphatic hydroxyl groups is 1. The van der Waals surface area contributed by atoms with Crippen molar-refractivity contribution in [1.29, 1.82) is 0 Å². The second-order valence-electron chi connectivity index (χ2n) is 4.35. The third-order valence-electron chi connectivity index (χ3n) is 3.34. The summed E-state index contributed by atoms with van der Waals surface area (Å²) in [6.45, 7) is 0.653. The molecule has 18 heavy (non-hydrogen) atoms. The summed E-state index contributed by atoms with van der Waals surface area (Å²) in [5.74, 6) is 0.360. The molecule has 7 heteroatoms. The molecule has 2 aromatic heterocycles.